The van der Waals surface area contributed by atoms with Gasteiger partial charge >= 0.3 is 11.9 Å². The summed E-state index contributed by atoms with van der Waals surface area (Å²) in [6.07, 6.45) is 47.0. The average molecular weight is 802 g/mol. The molecule has 330 valence electrons. The van der Waals surface area contributed by atoms with Gasteiger partial charge in [0.1, 0.15) is 12.6 Å². The summed E-state index contributed by atoms with van der Waals surface area (Å²) in [5.74, 6) is -1.74. The lowest BCUT2D eigenvalue weighted by Crippen LogP contribution is -2.55. The molecule has 0 spiro atoms. The summed E-state index contributed by atoms with van der Waals surface area (Å²) in [7, 11) is 5.41. The molecule has 0 radical (unpaired) electrons. The number of unbranched alkanes of at least 4 members (excludes halogenated alkanes) is 19. The van der Waals surface area contributed by atoms with Crippen LogP contribution in [0.2, 0.25) is 0 Å². The highest BCUT2D eigenvalue weighted by molar-refractivity contribution is 5.70. The summed E-state index contributed by atoms with van der Waals surface area (Å²) < 4.78 is 17.2. The molecule has 0 rings (SSSR count). The van der Waals surface area contributed by atoms with E-state index in [4.69, 9.17) is 14.2 Å². The monoisotopic (exact) mass is 802 g/mol. The summed E-state index contributed by atoms with van der Waals surface area (Å²) in [6.45, 7) is 4.54. The standard InChI is InChI=1S/C49H87NO7/c1-6-8-10-12-14-16-18-20-21-22-23-24-25-26-27-28-30-32-34-36-38-40-48(52)57-45(43-55-42-41-46(49(53)54)50(3,4)5)44-56-47(51)39-37-35-33-31-29-19-17-15-13-11-9-7-2/h8,10,14,16,20-21,23-24,45-46H,6-7,9,11-13,15,17-19,22,25-44H2,1-5H3/b10-8-,16-14-,21-20-,24-23-. The molecule has 0 heterocycles. The Kier molecular flexibility index (Phi) is 38.2. The van der Waals surface area contributed by atoms with E-state index < -0.39 is 18.1 Å². The molecule has 0 aliphatic carbocycles. The molecule has 0 N–H and O–H groups in total. The second-order valence-electron chi connectivity index (χ2n) is 16.6. The Morgan fingerprint density at radius 3 is 1.46 bits per heavy atom. The number of carboxylic acids is 1. The Labute approximate surface area is 350 Å². The minimum absolute atomic E-state index is 0.0385. The molecule has 0 amide bonds. The van der Waals surface area contributed by atoms with E-state index in [1.165, 1.54) is 89.9 Å². The lowest BCUT2D eigenvalue weighted by Gasteiger charge is -2.34. The summed E-state index contributed by atoms with van der Waals surface area (Å²) in [5, 5.41) is 11.6. The first-order chi connectivity index (χ1) is 27.6. The van der Waals surface area contributed by atoms with Crippen molar-refractivity contribution in [3.63, 3.8) is 0 Å². The number of hydrogen-bond donors (Lipinski definition) is 0. The zero-order valence-electron chi connectivity index (χ0n) is 37.5. The third-order valence-corrected chi connectivity index (χ3v) is 10.2. The zero-order valence-corrected chi connectivity index (χ0v) is 37.5. The Hall–Kier alpha value is -2.71. The molecule has 0 saturated carbocycles. The van der Waals surface area contributed by atoms with E-state index in [0.29, 0.717) is 12.8 Å². The Morgan fingerprint density at radius 2 is 0.982 bits per heavy atom. The average Bonchev–Trinajstić information content (AvgIpc) is 3.17. The molecule has 8 heteroatoms. The third-order valence-electron chi connectivity index (χ3n) is 10.2. The topological polar surface area (TPSA) is 102 Å². The van der Waals surface area contributed by atoms with Crippen molar-refractivity contribution in [2.75, 3.05) is 41.0 Å². The molecule has 0 aliphatic rings. The van der Waals surface area contributed by atoms with Crippen LogP contribution in [-0.2, 0) is 28.6 Å². The van der Waals surface area contributed by atoms with E-state index in [-0.39, 0.29) is 42.7 Å². The van der Waals surface area contributed by atoms with Crippen molar-refractivity contribution < 1.29 is 38.2 Å². The number of esters is 2. The van der Waals surface area contributed by atoms with Gasteiger partial charge in [0.25, 0.3) is 0 Å². The van der Waals surface area contributed by atoms with Gasteiger partial charge in [-0.05, 0) is 51.4 Å². The van der Waals surface area contributed by atoms with Crippen molar-refractivity contribution in [3.8, 4) is 0 Å². The molecule has 0 aromatic heterocycles. The van der Waals surface area contributed by atoms with Gasteiger partial charge < -0.3 is 28.6 Å². The maximum absolute atomic E-state index is 12.7. The van der Waals surface area contributed by atoms with Crippen LogP contribution in [-0.4, -0.2) is 75.5 Å². The predicted octanol–water partition coefficient (Wildman–Crippen LogP) is 11.5. The lowest BCUT2D eigenvalue weighted by atomic mass is 10.0. The molecule has 0 bridgehead atoms. The van der Waals surface area contributed by atoms with Crippen LogP contribution >= 0.6 is 0 Å². The van der Waals surface area contributed by atoms with Gasteiger partial charge in [0.05, 0.1) is 40.3 Å². The second kappa shape index (κ2) is 40.1. The van der Waals surface area contributed by atoms with Gasteiger partial charge in [-0.2, -0.15) is 0 Å². The molecular formula is C49H87NO7. The van der Waals surface area contributed by atoms with Crippen LogP contribution in [0.1, 0.15) is 194 Å². The highest BCUT2D eigenvalue weighted by atomic mass is 16.6. The maximum Gasteiger partial charge on any atom is 0.306 e. The van der Waals surface area contributed by atoms with Crippen molar-refractivity contribution in [1.82, 2.24) is 0 Å². The molecule has 0 fully saturated rings. The Morgan fingerprint density at radius 1 is 0.544 bits per heavy atom. The molecule has 8 nitrogen and oxygen atoms in total. The number of hydrogen-bond acceptors (Lipinski definition) is 7. The van der Waals surface area contributed by atoms with Crippen molar-refractivity contribution in [3.05, 3.63) is 48.6 Å². The number of allylic oxidation sites excluding steroid dienone is 8. The number of quaternary nitrogens is 1. The number of nitrogens with zero attached hydrogens (tertiary/aromatic N) is 1. The summed E-state index contributed by atoms with van der Waals surface area (Å²) in [5.41, 5.74) is 0. The first kappa shape index (κ1) is 54.3. The fourth-order valence-corrected chi connectivity index (χ4v) is 6.65. The van der Waals surface area contributed by atoms with Crippen molar-refractivity contribution in [2.24, 2.45) is 0 Å². The fourth-order valence-electron chi connectivity index (χ4n) is 6.65. The summed E-state index contributed by atoms with van der Waals surface area (Å²) in [4.78, 5) is 36.9. The van der Waals surface area contributed by atoms with Gasteiger partial charge in [0.2, 0.25) is 0 Å². The highest BCUT2D eigenvalue weighted by Gasteiger charge is 2.25. The summed E-state index contributed by atoms with van der Waals surface area (Å²) >= 11 is 0. The van der Waals surface area contributed by atoms with Crippen LogP contribution in [0.5, 0.6) is 0 Å². The quantitative estimate of drug-likeness (QED) is 0.0262. The number of carbonyl (C=O) groups is 3. The SMILES string of the molecule is CC/C=C\C/C=C\C/C=C\C/C=C\CCCCCCCCCCC(=O)OC(COCCC(C(=O)[O-])[N+](C)(C)C)COC(=O)CCCCCCCCCCCCCC. The van der Waals surface area contributed by atoms with E-state index in [9.17, 15) is 19.5 Å². The largest absolute Gasteiger partial charge is 0.544 e. The second-order valence-corrected chi connectivity index (χ2v) is 16.6. The van der Waals surface area contributed by atoms with Crippen LogP contribution < -0.4 is 5.11 Å². The molecule has 57 heavy (non-hydrogen) atoms. The van der Waals surface area contributed by atoms with Crippen LogP contribution in [0.25, 0.3) is 0 Å². The highest BCUT2D eigenvalue weighted by Crippen LogP contribution is 2.15. The molecule has 2 unspecified atom stereocenters. The van der Waals surface area contributed by atoms with Gasteiger partial charge in [-0.1, -0.05) is 172 Å². The minimum Gasteiger partial charge on any atom is -0.544 e. The molecule has 2 atom stereocenters. The van der Waals surface area contributed by atoms with Crippen molar-refractivity contribution >= 4 is 17.9 Å². The smallest absolute Gasteiger partial charge is 0.306 e. The van der Waals surface area contributed by atoms with Gasteiger partial charge in [-0.25, -0.2) is 0 Å². The molecule has 0 saturated heterocycles. The van der Waals surface area contributed by atoms with Crippen LogP contribution in [0.3, 0.4) is 0 Å². The minimum atomic E-state index is -1.13. The lowest BCUT2D eigenvalue weighted by molar-refractivity contribution is -0.889. The van der Waals surface area contributed by atoms with Gasteiger partial charge in [0, 0.05) is 19.3 Å². The predicted molar refractivity (Wildman–Crippen MR) is 236 cm³/mol. The van der Waals surface area contributed by atoms with E-state index in [1.54, 1.807) is 21.1 Å². The van der Waals surface area contributed by atoms with Gasteiger partial charge in [0.15, 0.2) is 6.10 Å². The first-order valence-corrected chi connectivity index (χ1v) is 23.2. The number of carboxylic acid groups (broad SMARTS) is 1. The Balaban J connectivity index is 4.29. The van der Waals surface area contributed by atoms with Crippen LogP contribution in [0.4, 0.5) is 0 Å². The molecule has 0 aromatic rings. The van der Waals surface area contributed by atoms with Crippen LogP contribution in [0.15, 0.2) is 48.6 Å². The first-order valence-electron chi connectivity index (χ1n) is 23.2. The number of likely N-dealkylation sites (N-methyl/N-ethyl adjacent to an activating group) is 1. The van der Waals surface area contributed by atoms with Gasteiger partial charge in [-0.3, -0.25) is 9.59 Å². The fraction of sp³-hybridized carbons (Fsp3) is 0.776. The van der Waals surface area contributed by atoms with E-state index in [2.05, 4.69) is 62.5 Å². The summed E-state index contributed by atoms with van der Waals surface area (Å²) in [6, 6.07) is -0.726. The van der Waals surface area contributed by atoms with Crippen molar-refractivity contribution in [2.45, 2.75) is 206 Å². The number of rotatable bonds is 41. The number of carbonyl (C=O) groups excluding carboxylic acids is 3. The maximum atomic E-state index is 12.7. The van der Waals surface area contributed by atoms with Gasteiger partial charge in [-0.15, -0.1) is 0 Å². The normalized spacial score (nSPS) is 13.4. The van der Waals surface area contributed by atoms with Crippen LogP contribution in [0, 0.1) is 0 Å². The number of aliphatic carboxylic acids is 1. The van der Waals surface area contributed by atoms with E-state index in [1.807, 2.05) is 0 Å². The van der Waals surface area contributed by atoms with E-state index in [0.717, 1.165) is 70.6 Å². The molecular weight excluding hydrogens is 715 g/mol. The third kappa shape index (κ3) is 38.6. The Bertz CT molecular complexity index is 1070. The number of ether oxygens (including phenoxy) is 3. The van der Waals surface area contributed by atoms with E-state index >= 15 is 0 Å². The van der Waals surface area contributed by atoms with Crippen molar-refractivity contribution in [1.29, 1.82) is 0 Å². The zero-order chi connectivity index (χ0) is 42.1. The molecule has 0 aromatic carbocycles. The molecule has 0 aliphatic heterocycles.